The van der Waals surface area contributed by atoms with Gasteiger partial charge in [-0.15, -0.1) is 0 Å². The second kappa shape index (κ2) is 7.56. The summed E-state index contributed by atoms with van der Waals surface area (Å²) in [4.78, 5) is 34.9. The van der Waals surface area contributed by atoms with E-state index in [1.165, 1.54) is 12.8 Å². The molecule has 1 aliphatic heterocycles. The summed E-state index contributed by atoms with van der Waals surface area (Å²) in [6, 6.07) is 0. The SMILES string of the molecule is CCCn1c(N2CCN(C(=O)C3CCCC3)CC2)nc2c(C)nn(C)c2c1=O. The number of aryl methyl sites for hydroxylation is 2. The fraction of sp³-hybridized carbons (Fsp3) is 0.700. The van der Waals surface area contributed by atoms with Gasteiger partial charge in [0.25, 0.3) is 5.56 Å². The molecule has 0 radical (unpaired) electrons. The molecule has 2 aliphatic rings. The van der Waals surface area contributed by atoms with Gasteiger partial charge in [-0.3, -0.25) is 18.8 Å². The lowest BCUT2D eigenvalue weighted by Crippen LogP contribution is -2.51. The molecule has 0 N–H and O–H groups in total. The van der Waals surface area contributed by atoms with Crippen molar-refractivity contribution >= 4 is 22.9 Å². The molecule has 0 unspecified atom stereocenters. The molecule has 8 heteroatoms. The molecule has 0 spiro atoms. The third kappa shape index (κ3) is 3.18. The first-order valence-electron chi connectivity index (χ1n) is 10.5. The van der Waals surface area contributed by atoms with Gasteiger partial charge in [-0.25, -0.2) is 4.98 Å². The van der Waals surface area contributed by atoms with Crippen molar-refractivity contribution in [1.82, 2.24) is 24.2 Å². The molecule has 2 fully saturated rings. The van der Waals surface area contributed by atoms with Crippen molar-refractivity contribution in [2.24, 2.45) is 13.0 Å². The summed E-state index contributed by atoms with van der Waals surface area (Å²) in [7, 11) is 1.79. The van der Waals surface area contributed by atoms with Crippen molar-refractivity contribution < 1.29 is 4.79 Å². The largest absolute Gasteiger partial charge is 0.339 e. The lowest BCUT2D eigenvalue weighted by Gasteiger charge is -2.37. The van der Waals surface area contributed by atoms with E-state index in [2.05, 4.69) is 16.9 Å². The van der Waals surface area contributed by atoms with E-state index in [1.807, 2.05) is 11.8 Å². The Morgan fingerprint density at radius 3 is 2.46 bits per heavy atom. The summed E-state index contributed by atoms with van der Waals surface area (Å²) in [5.41, 5.74) is 1.98. The second-order valence-corrected chi connectivity index (χ2v) is 8.07. The predicted molar refractivity (Wildman–Crippen MR) is 109 cm³/mol. The summed E-state index contributed by atoms with van der Waals surface area (Å²) in [6.07, 6.45) is 5.28. The van der Waals surface area contributed by atoms with E-state index in [1.54, 1.807) is 16.3 Å². The Kier molecular flexibility index (Phi) is 5.12. The molecule has 3 heterocycles. The van der Waals surface area contributed by atoms with Gasteiger partial charge >= 0.3 is 0 Å². The Balaban J connectivity index is 1.60. The maximum atomic E-state index is 13.1. The molecule has 28 heavy (non-hydrogen) atoms. The first-order valence-corrected chi connectivity index (χ1v) is 10.5. The second-order valence-electron chi connectivity index (χ2n) is 8.07. The van der Waals surface area contributed by atoms with Crippen LogP contribution in [0.5, 0.6) is 0 Å². The van der Waals surface area contributed by atoms with Gasteiger partial charge in [0, 0.05) is 45.7 Å². The van der Waals surface area contributed by atoms with Crippen LogP contribution in [0.2, 0.25) is 0 Å². The number of amides is 1. The lowest BCUT2D eigenvalue weighted by molar-refractivity contribution is -0.135. The first-order chi connectivity index (χ1) is 13.5. The van der Waals surface area contributed by atoms with Crippen molar-refractivity contribution in [1.29, 1.82) is 0 Å². The minimum Gasteiger partial charge on any atom is -0.339 e. The molecule has 4 rings (SSSR count). The van der Waals surface area contributed by atoms with Gasteiger partial charge < -0.3 is 9.80 Å². The number of anilines is 1. The highest BCUT2D eigenvalue weighted by molar-refractivity contribution is 5.80. The van der Waals surface area contributed by atoms with Crippen LogP contribution in [-0.4, -0.2) is 56.3 Å². The fourth-order valence-electron chi connectivity index (χ4n) is 4.62. The monoisotopic (exact) mass is 386 g/mol. The molecule has 8 nitrogen and oxygen atoms in total. The molecule has 2 aromatic rings. The van der Waals surface area contributed by atoms with Crippen LogP contribution in [0.3, 0.4) is 0 Å². The Morgan fingerprint density at radius 1 is 1.14 bits per heavy atom. The molecule has 0 bridgehead atoms. The highest BCUT2D eigenvalue weighted by Gasteiger charge is 2.30. The molecule has 2 aromatic heterocycles. The van der Waals surface area contributed by atoms with Crippen molar-refractivity contribution in [2.75, 3.05) is 31.1 Å². The molecule has 0 aromatic carbocycles. The minimum atomic E-state index is -0.0330. The van der Waals surface area contributed by atoms with E-state index in [9.17, 15) is 9.59 Å². The highest BCUT2D eigenvalue weighted by atomic mass is 16.2. The number of hydrogen-bond donors (Lipinski definition) is 0. The lowest BCUT2D eigenvalue weighted by atomic mass is 10.1. The summed E-state index contributed by atoms with van der Waals surface area (Å²) in [5, 5.41) is 4.39. The van der Waals surface area contributed by atoms with E-state index in [4.69, 9.17) is 4.98 Å². The molecule has 1 saturated heterocycles. The number of hydrogen-bond acceptors (Lipinski definition) is 5. The van der Waals surface area contributed by atoms with Gasteiger partial charge in [0.1, 0.15) is 5.52 Å². The standard InChI is InChI=1S/C20H30N6O2/c1-4-9-26-19(28)17-16(14(2)22-23(17)3)21-20(26)25-12-10-24(11-13-25)18(27)15-7-5-6-8-15/h15H,4-13H2,1-3H3. The average Bonchev–Trinajstić information content (AvgIpc) is 3.32. The number of carbonyl (C=O) groups is 1. The maximum Gasteiger partial charge on any atom is 0.281 e. The Morgan fingerprint density at radius 2 is 1.82 bits per heavy atom. The molecular formula is C20H30N6O2. The van der Waals surface area contributed by atoms with E-state index < -0.39 is 0 Å². The molecular weight excluding hydrogens is 356 g/mol. The quantitative estimate of drug-likeness (QED) is 0.799. The summed E-state index contributed by atoms with van der Waals surface area (Å²) < 4.78 is 3.41. The zero-order chi connectivity index (χ0) is 19.8. The van der Waals surface area contributed by atoms with Gasteiger partial charge in [-0.05, 0) is 26.2 Å². The van der Waals surface area contributed by atoms with Gasteiger partial charge in [0.05, 0.1) is 5.69 Å². The number of aromatic nitrogens is 4. The van der Waals surface area contributed by atoms with Crippen LogP contribution in [-0.2, 0) is 18.4 Å². The molecule has 1 saturated carbocycles. The average molecular weight is 387 g/mol. The fourth-order valence-corrected chi connectivity index (χ4v) is 4.62. The topological polar surface area (TPSA) is 76.3 Å². The number of fused-ring (bicyclic) bond motifs is 1. The van der Waals surface area contributed by atoms with Crippen LogP contribution in [0.15, 0.2) is 4.79 Å². The first kappa shape index (κ1) is 19.0. The van der Waals surface area contributed by atoms with Crippen molar-refractivity contribution in [3.63, 3.8) is 0 Å². The van der Waals surface area contributed by atoms with Crippen molar-refractivity contribution in [3.05, 3.63) is 16.0 Å². The van der Waals surface area contributed by atoms with Crippen molar-refractivity contribution in [2.45, 2.75) is 52.5 Å². The molecule has 152 valence electrons. The maximum absolute atomic E-state index is 13.1. The van der Waals surface area contributed by atoms with Crippen LogP contribution in [0.1, 0.15) is 44.7 Å². The Hall–Kier alpha value is -2.38. The normalized spacial score (nSPS) is 18.4. The summed E-state index contributed by atoms with van der Waals surface area (Å²) in [5.74, 6) is 1.25. The molecule has 1 aliphatic carbocycles. The van der Waals surface area contributed by atoms with Crippen LogP contribution in [0, 0.1) is 12.8 Å². The van der Waals surface area contributed by atoms with Gasteiger partial charge in [0.15, 0.2) is 5.52 Å². The number of rotatable bonds is 4. The van der Waals surface area contributed by atoms with E-state index >= 15 is 0 Å². The van der Waals surface area contributed by atoms with E-state index in [0.29, 0.717) is 55.6 Å². The summed E-state index contributed by atoms with van der Waals surface area (Å²) >= 11 is 0. The smallest absolute Gasteiger partial charge is 0.281 e. The minimum absolute atomic E-state index is 0.0330. The number of nitrogens with zero attached hydrogens (tertiary/aromatic N) is 6. The Bertz CT molecular complexity index is 932. The highest BCUT2D eigenvalue weighted by Crippen LogP contribution is 2.27. The van der Waals surface area contributed by atoms with E-state index in [0.717, 1.165) is 25.0 Å². The summed E-state index contributed by atoms with van der Waals surface area (Å²) in [6.45, 7) is 7.39. The number of carbonyl (C=O) groups excluding carboxylic acids is 1. The van der Waals surface area contributed by atoms with Gasteiger partial charge in [-0.1, -0.05) is 19.8 Å². The van der Waals surface area contributed by atoms with Crippen molar-refractivity contribution in [3.8, 4) is 0 Å². The van der Waals surface area contributed by atoms with Gasteiger partial charge in [0.2, 0.25) is 11.9 Å². The van der Waals surface area contributed by atoms with Crippen LogP contribution >= 0.6 is 0 Å². The van der Waals surface area contributed by atoms with E-state index in [-0.39, 0.29) is 11.5 Å². The number of piperazine rings is 1. The molecule has 1 amide bonds. The predicted octanol–water partition coefficient (Wildman–Crippen LogP) is 1.69. The third-order valence-corrected chi connectivity index (χ3v) is 6.12. The zero-order valence-electron chi connectivity index (χ0n) is 17.1. The van der Waals surface area contributed by atoms with Crippen LogP contribution in [0.4, 0.5) is 5.95 Å². The molecule has 0 atom stereocenters. The van der Waals surface area contributed by atoms with Crippen LogP contribution in [0.25, 0.3) is 11.0 Å². The Labute approximate surface area is 165 Å². The van der Waals surface area contributed by atoms with Crippen LogP contribution < -0.4 is 10.5 Å². The third-order valence-electron chi connectivity index (χ3n) is 6.12. The zero-order valence-corrected chi connectivity index (χ0v) is 17.1. The van der Waals surface area contributed by atoms with Gasteiger partial charge in [-0.2, -0.15) is 5.10 Å².